The first kappa shape index (κ1) is 16.1. The highest BCUT2D eigenvalue weighted by Gasteiger charge is 2.26. The molecule has 0 bridgehead atoms. The van der Waals surface area contributed by atoms with Gasteiger partial charge in [-0.25, -0.2) is 0 Å². The van der Waals surface area contributed by atoms with E-state index in [1.165, 1.54) is 5.56 Å². The molecule has 21 heavy (non-hydrogen) atoms. The molecule has 0 radical (unpaired) electrons. The topological polar surface area (TPSA) is 18.5 Å². The zero-order chi connectivity index (χ0) is 15.4. The van der Waals surface area contributed by atoms with Gasteiger partial charge in [0.2, 0.25) is 0 Å². The summed E-state index contributed by atoms with van der Waals surface area (Å²) in [5, 5.41) is 0. The van der Waals surface area contributed by atoms with Crippen molar-refractivity contribution >= 4 is 22.6 Å². The van der Waals surface area contributed by atoms with Crippen LogP contribution in [-0.4, -0.2) is 14.2 Å². The fraction of sp³-hybridized carbons (Fsp3) is 0.333. The van der Waals surface area contributed by atoms with E-state index in [0.29, 0.717) is 5.92 Å². The summed E-state index contributed by atoms with van der Waals surface area (Å²) < 4.78 is 12.4. The quantitative estimate of drug-likeness (QED) is 0.655. The van der Waals surface area contributed by atoms with E-state index in [1.807, 2.05) is 18.2 Å². The minimum absolute atomic E-state index is 0.241. The monoisotopic (exact) mass is 396 g/mol. The van der Waals surface area contributed by atoms with Gasteiger partial charge in [-0.2, -0.15) is 0 Å². The molecule has 2 aromatic carbocycles. The van der Waals surface area contributed by atoms with Crippen molar-refractivity contribution in [1.29, 1.82) is 0 Å². The van der Waals surface area contributed by atoms with Crippen LogP contribution in [0.15, 0.2) is 42.5 Å². The largest absolute Gasteiger partial charge is 0.496 e. The van der Waals surface area contributed by atoms with Gasteiger partial charge in [0.25, 0.3) is 0 Å². The Balaban J connectivity index is 2.68. The highest BCUT2D eigenvalue weighted by atomic mass is 127. The summed E-state index contributed by atoms with van der Waals surface area (Å²) in [6, 6.07) is 14.6. The van der Waals surface area contributed by atoms with Crippen molar-refractivity contribution in [2.24, 2.45) is 5.92 Å². The minimum Gasteiger partial charge on any atom is -0.496 e. The molecule has 0 spiro atoms. The molecule has 2 rings (SSSR count). The van der Waals surface area contributed by atoms with E-state index in [9.17, 15) is 0 Å². The second-order valence-corrected chi connectivity index (χ2v) is 6.49. The lowest BCUT2D eigenvalue weighted by molar-refractivity contribution is 0.372. The Bertz CT molecular complexity index is 594. The highest BCUT2D eigenvalue weighted by molar-refractivity contribution is 14.1. The normalized spacial score (nSPS) is 12.3. The Labute approximate surface area is 140 Å². The molecule has 1 unspecified atom stereocenters. The fourth-order valence-corrected chi connectivity index (χ4v) is 3.47. The molecular weight excluding hydrogens is 375 g/mol. The Morgan fingerprint density at radius 3 is 2.10 bits per heavy atom. The molecular formula is C18H21IO2. The molecule has 0 heterocycles. The van der Waals surface area contributed by atoms with Gasteiger partial charge in [-0.15, -0.1) is 0 Å². The summed E-state index contributed by atoms with van der Waals surface area (Å²) in [6.07, 6.45) is 0. The van der Waals surface area contributed by atoms with Gasteiger partial charge in [-0.3, -0.25) is 0 Å². The van der Waals surface area contributed by atoms with Gasteiger partial charge in [0, 0.05) is 11.5 Å². The van der Waals surface area contributed by atoms with Gasteiger partial charge < -0.3 is 9.47 Å². The second kappa shape index (κ2) is 7.16. The van der Waals surface area contributed by atoms with Crippen LogP contribution in [0.2, 0.25) is 0 Å². The maximum atomic E-state index is 5.68. The Morgan fingerprint density at radius 2 is 1.57 bits per heavy atom. The SMILES string of the molecule is COc1ccc(I)c(OC)c1C(c1ccccc1)C(C)C. The Kier molecular flexibility index (Phi) is 5.51. The fourth-order valence-electron chi connectivity index (χ4n) is 2.78. The standard InChI is InChI=1S/C18H21IO2/c1-12(2)16(13-8-6-5-7-9-13)17-15(20-3)11-10-14(19)18(17)21-4/h5-12,16H,1-4H3. The molecule has 1 atom stereocenters. The van der Waals surface area contributed by atoms with E-state index < -0.39 is 0 Å². The van der Waals surface area contributed by atoms with Gasteiger partial charge in [-0.1, -0.05) is 44.2 Å². The van der Waals surface area contributed by atoms with Crippen LogP contribution in [0, 0.1) is 9.49 Å². The van der Waals surface area contributed by atoms with Crippen LogP contribution < -0.4 is 9.47 Å². The van der Waals surface area contributed by atoms with Crippen LogP contribution in [-0.2, 0) is 0 Å². The first-order valence-corrected chi connectivity index (χ1v) is 8.13. The number of hydrogen-bond donors (Lipinski definition) is 0. The molecule has 112 valence electrons. The molecule has 0 saturated heterocycles. The van der Waals surface area contributed by atoms with Crippen molar-refractivity contribution in [3.63, 3.8) is 0 Å². The summed E-state index contributed by atoms with van der Waals surface area (Å²) >= 11 is 2.31. The van der Waals surface area contributed by atoms with Crippen LogP contribution >= 0.6 is 22.6 Å². The molecule has 0 N–H and O–H groups in total. The third-order valence-electron chi connectivity index (χ3n) is 3.67. The molecule has 0 aliphatic carbocycles. The van der Waals surface area contributed by atoms with Crippen molar-refractivity contribution in [3.8, 4) is 11.5 Å². The number of hydrogen-bond acceptors (Lipinski definition) is 2. The molecule has 3 heteroatoms. The number of ether oxygens (including phenoxy) is 2. The van der Waals surface area contributed by atoms with E-state index in [-0.39, 0.29) is 5.92 Å². The maximum absolute atomic E-state index is 5.68. The van der Waals surface area contributed by atoms with Crippen LogP contribution in [0.3, 0.4) is 0 Å². The number of methoxy groups -OCH3 is 2. The Hall–Kier alpha value is -1.23. The van der Waals surface area contributed by atoms with Gasteiger partial charge in [-0.05, 0) is 46.2 Å². The average molecular weight is 396 g/mol. The van der Waals surface area contributed by atoms with E-state index in [2.05, 4.69) is 60.7 Å². The predicted octanol–water partition coefficient (Wildman–Crippen LogP) is 5.10. The van der Waals surface area contributed by atoms with Gasteiger partial charge in [0.1, 0.15) is 11.5 Å². The summed E-state index contributed by atoms with van der Waals surface area (Å²) in [5.74, 6) is 2.48. The van der Waals surface area contributed by atoms with E-state index in [4.69, 9.17) is 9.47 Å². The molecule has 0 aromatic heterocycles. The van der Waals surface area contributed by atoms with Crippen LogP contribution in [0.25, 0.3) is 0 Å². The summed E-state index contributed by atoms with van der Waals surface area (Å²) in [7, 11) is 3.44. The molecule has 0 saturated carbocycles. The molecule has 0 aliphatic rings. The third kappa shape index (κ3) is 3.34. The Morgan fingerprint density at radius 1 is 0.905 bits per heavy atom. The summed E-state index contributed by atoms with van der Waals surface area (Å²) in [6.45, 7) is 4.47. The lowest BCUT2D eigenvalue weighted by Gasteiger charge is -2.26. The van der Waals surface area contributed by atoms with Crippen LogP contribution in [0.4, 0.5) is 0 Å². The summed E-state index contributed by atoms with van der Waals surface area (Å²) in [4.78, 5) is 0. The van der Waals surface area contributed by atoms with Crippen molar-refractivity contribution < 1.29 is 9.47 Å². The van der Waals surface area contributed by atoms with Gasteiger partial charge in [0.05, 0.1) is 17.8 Å². The van der Waals surface area contributed by atoms with Crippen LogP contribution in [0.1, 0.15) is 30.9 Å². The zero-order valence-electron chi connectivity index (χ0n) is 12.9. The van der Waals surface area contributed by atoms with Crippen molar-refractivity contribution in [2.75, 3.05) is 14.2 Å². The number of benzene rings is 2. The molecule has 0 amide bonds. The first-order chi connectivity index (χ1) is 10.1. The summed E-state index contributed by atoms with van der Waals surface area (Å²) in [5.41, 5.74) is 2.42. The zero-order valence-corrected chi connectivity index (χ0v) is 15.0. The highest BCUT2D eigenvalue weighted by Crippen LogP contribution is 2.44. The van der Waals surface area contributed by atoms with Gasteiger partial charge in [0.15, 0.2) is 0 Å². The number of rotatable bonds is 5. The average Bonchev–Trinajstić information content (AvgIpc) is 2.49. The smallest absolute Gasteiger partial charge is 0.139 e. The van der Waals surface area contributed by atoms with Crippen molar-refractivity contribution in [1.82, 2.24) is 0 Å². The number of halogens is 1. The predicted molar refractivity (Wildman–Crippen MR) is 95.4 cm³/mol. The van der Waals surface area contributed by atoms with Crippen molar-refractivity contribution in [3.05, 3.63) is 57.2 Å². The lowest BCUT2D eigenvalue weighted by Crippen LogP contribution is -2.12. The van der Waals surface area contributed by atoms with Gasteiger partial charge >= 0.3 is 0 Å². The molecule has 0 fully saturated rings. The maximum Gasteiger partial charge on any atom is 0.139 e. The minimum atomic E-state index is 0.241. The molecule has 0 aliphatic heterocycles. The molecule has 2 aromatic rings. The lowest BCUT2D eigenvalue weighted by atomic mass is 9.81. The second-order valence-electron chi connectivity index (χ2n) is 5.33. The van der Waals surface area contributed by atoms with Crippen molar-refractivity contribution in [2.45, 2.75) is 19.8 Å². The van der Waals surface area contributed by atoms with E-state index >= 15 is 0 Å². The van der Waals surface area contributed by atoms with E-state index in [0.717, 1.165) is 20.6 Å². The first-order valence-electron chi connectivity index (χ1n) is 7.05. The van der Waals surface area contributed by atoms with E-state index in [1.54, 1.807) is 14.2 Å². The third-order valence-corrected chi connectivity index (χ3v) is 4.52. The van der Waals surface area contributed by atoms with Crippen LogP contribution in [0.5, 0.6) is 11.5 Å². The molecule has 2 nitrogen and oxygen atoms in total.